The van der Waals surface area contributed by atoms with Crippen LogP contribution in [0.2, 0.25) is 0 Å². The Bertz CT molecular complexity index is 1720. The van der Waals surface area contributed by atoms with E-state index >= 15 is 0 Å². The molecule has 34 heavy (non-hydrogen) atoms. The highest BCUT2D eigenvalue weighted by Crippen LogP contribution is 2.17. The number of pyridine rings is 2. The third-order valence-electron chi connectivity index (χ3n) is 5.51. The van der Waals surface area contributed by atoms with Crippen LogP contribution in [0.1, 0.15) is 28.7 Å². The van der Waals surface area contributed by atoms with Crippen LogP contribution in [0, 0.1) is 13.8 Å². The van der Waals surface area contributed by atoms with Gasteiger partial charge in [-0.1, -0.05) is 0 Å². The molecule has 12 heteroatoms. The normalized spacial score (nSPS) is 11.4. The van der Waals surface area contributed by atoms with Crippen LogP contribution < -0.4 is 16.3 Å². The summed E-state index contributed by atoms with van der Waals surface area (Å²) in [5.41, 5.74) is 1.40. The molecule has 5 rings (SSSR count). The molecule has 0 spiro atoms. The smallest absolute Gasteiger partial charge is 0.263 e. The molecule has 0 aliphatic heterocycles. The molecule has 12 nitrogen and oxygen atoms in total. The van der Waals surface area contributed by atoms with Crippen LogP contribution in [-0.4, -0.2) is 45.0 Å². The number of carbonyl (C=O) groups excluding carboxylic acids is 1. The van der Waals surface area contributed by atoms with Gasteiger partial charge in [-0.05, 0) is 32.9 Å². The SMILES string of the molecule is CCn1cc(C(=O)Nc2cc(C)nn2-c2nc3c(cnn3C)c(=O)[nH]2)c(=O)c2ccc(C)nc21. The molecular formula is C22H21N9O3. The van der Waals surface area contributed by atoms with Gasteiger partial charge in [0.05, 0.1) is 17.3 Å². The monoisotopic (exact) mass is 459 g/mol. The summed E-state index contributed by atoms with van der Waals surface area (Å²) in [5.74, 6) is -0.259. The van der Waals surface area contributed by atoms with Gasteiger partial charge in [0.2, 0.25) is 11.4 Å². The summed E-state index contributed by atoms with van der Waals surface area (Å²) in [6.07, 6.45) is 2.93. The van der Waals surface area contributed by atoms with Crippen LogP contribution in [0.4, 0.5) is 5.82 Å². The Morgan fingerprint density at radius 2 is 1.88 bits per heavy atom. The van der Waals surface area contributed by atoms with Gasteiger partial charge in [-0.15, -0.1) is 0 Å². The van der Waals surface area contributed by atoms with E-state index in [2.05, 4.69) is 30.5 Å². The quantitative estimate of drug-likeness (QED) is 0.414. The fourth-order valence-electron chi connectivity index (χ4n) is 3.82. The Labute approximate surface area is 191 Å². The zero-order valence-corrected chi connectivity index (χ0v) is 18.9. The van der Waals surface area contributed by atoms with E-state index < -0.39 is 11.3 Å². The molecule has 2 N–H and O–H groups in total. The number of amides is 1. The number of rotatable bonds is 4. The van der Waals surface area contributed by atoms with Crippen LogP contribution in [-0.2, 0) is 13.6 Å². The standard InChI is InChI=1S/C22H21N9O3/c1-5-30-10-15(17(32)13-7-6-11(2)24-19(13)30)21(34)25-16-8-12(3)28-31(16)22-26-18-14(20(33)27-22)9-23-29(18)4/h6-10H,5H2,1-4H3,(H,25,34)(H,26,27,33). The fraction of sp³-hybridized carbons (Fsp3) is 0.227. The molecule has 0 atom stereocenters. The third kappa shape index (κ3) is 3.36. The zero-order chi connectivity index (χ0) is 24.1. The van der Waals surface area contributed by atoms with E-state index in [0.717, 1.165) is 5.69 Å². The van der Waals surface area contributed by atoms with Crippen molar-refractivity contribution in [3.05, 3.63) is 68.1 Å². The van der Waals surface area contributed by atoms with Gasteiger partial charge in [0.15, 0.2) is 5.65 Å². The summed E-state index contributed by atoms with van der Waals surface area (Å²) in [4.78, 5) is 50.3. The van der Waals surface area contributed by atoms with E-state index in [4.69, 9.17) is 0 Å². The minimum absolute atomic E-state index is 0.0334. The molecule has 0 unspecified atom stereocenters. The first-order valence-corrected chi connectivity index (χ1v) is 10.6. The summed E-state index contributed by atoms with van der Waals surface area (Å²) in [5, 5.41) is 11.8. The minimum atomic E-state index is -0.611. The first kappa shape index (κ1) is 21.2. The van der Waals surface area contributed by atoms with Crippen molar-refractivity contribution in [2.75, 3.05) is 5.32 Å². The lowest BCUT2D eigenvalue weighted by Crippen LogP contribution is -2.25. The largest absolute Gasteiger partial charge is 0.332 e. The van der Waals surface area contributed by atoms with Crippen molar-refractivity contribution in [2.45, 2.75) is 27.3 Å². The highest BCUT2D eigenvalue weighted by Gasteiger charge is 2.20. The van der Waals surface area contributed by atoms with E-state index in [1.165, 1.54) is 21.8 Å². The lowest BCUT2D eigenvalue weighted by molar-refractivity contribution is 0.102. The molecule has 0 aromatic carbocycles. The van der Waals surface area contributed by atoms with Gasteiger partial charge in [0.25, 0.3) is 11.5 Å². The summed E-state index contributed by atoms with van der Waals surface area (Å²) in [6.45, 7) is 6.02. The Hall–Kier alpha value is -4.61. The molecule has 172 valence electrons. The van der Waals surface area contributed by atoms with E-state index in [1.54, 1.807) is 36.7 Å². The molecule has 5 aromatic heterocycles. The van der Waals surface area contributed by atoms with Gasteiger partial charge < -0.3 is 9.88 Å². The first-order chi connectivity index (χ1) is 16.3. The second-order valence-corrected chi connectivity index (χ2v) is 7.91. The van der Waals surface area contributed by atoms with E-state index in [9.17, 15) is 14.4 Å². The van der Waals surface area contributed by atoms with Gasteiger partial charge in [0.1, 0.15) is 22.4 Å². The lowest BCUT2D eigenvalue weighted by atomic mass is 10.1. The van der Waals surface area contributed by atoms with Crippen LogP contribution in [0.25, 0.3) is 28.0 Å². The number of aromatic nitrogens is 8. The second-order valence-electron chi connectivity index (χ2n) is 7.91. The zero-order valence-electron chi connectivity index (χ0n) is 18.9. The molecule has 5 aromatic rings. The molecular weight excluding hydrogens is 438 g/mol. The maximum Gasteiger partial charge on any atom is 0.263 e. The van der Waals surface area contributed by atoms with Gasteiger partial charge in [-0.3, -0.25) is 24.0 Å². The lowest BCUT2D eigenvalue weighted by Gasteiger charge is -2.12. The van der Waals surface area contributed by atoms with Crippen molar-refractivity contribution >= 4 is 33.8 Å². The predicted octanol–water partition coefficient (Wildman–Crippen LogP) is 1.44. The van der Waals surface area contributed by atoms with Gasteiger partial charge in [-0.2, -0.15) is 19.9 Å². The van der Waals surface area contributed by atoms with Crippen molar-refractivity contribution in [1.29, 1.82) is 0 Å². The number of aryl methyl sites for hydroxylation is 4. The molecule has 0 fully saturated rings. The minimum Gasteiger partial charge on any atom is -0.332 e. The number of nitrogens with zero attached hydrogens (tertiary/aromatic N) is 7. The summed E-state index contributed by atoms with van der Waals surface area (Å²) < 4.78 is 4.54. The molecule has 0 saturated carbocycles. The molecule has 1 amide bonds. The van der Waals surface area contributed by atoms with Crippen LogP contribution in [0.5, 0.6) is 0 Å². The summed E-state index contributed by atoms with van der Waals surface area (Å²) >= 11 is 0. The number of nitrogens with one attached hydrogen (secondary N) is 2. The molecule has 0 bridgehead atoms. The number of carbonyl (C=O) groups is 1. The molecule has 0 aliphatic rings. The van der Waals surface area contributed by atoms with Gasteiger partial charge in [0, 0.05) is 31.5 Å². The molecule has 0 saturated heterocycles. The first-order valence-electron chi connectivity index (χ1n) is 10.6. The Balaban J connectivity index is 1.59. The van der Waals surface area contributed by atoms with Crippen LogP contribution in [0.15, 0.2) is 40.2 Å². The number of anilines is 1. The number of hydrogen-bond acceptors (Lipinski definition) is 7. The van der Waals surface area contributed by atoms with Crippen molar-refractivity contribution in [3.63, 3.8) is 0 Å². The third-order valence-corrected chi connectivity index (χ3v) is 5.51. The summed E-state index contributed by atoms with van der Waals surface area (Å²) in [7, 11) is 1.67. The highest BCUT2D eigenvalue weighted by atomic mass is 16.2. The fourth-order valence-corrected chi connectivity index (χ4v) is 3.82. The van der Waals surface area contributed by atoms with Crippen molar-refractivity contribution in [1.82, 2.24) is 39.1 Å². The maximum atomic E-state index is 13.2. The van der Waals surface area contributed by atoms with Crippen LogP contribution >= 0.6 is 0 Å². The van der Waals surface area contributed by atoms with Gasteiger partial charge >= 0.3 is 0 Å². The summed E-state index contributed by atoms with van der Waals surface area (Å²) in [6, 6.07) is 5.03. The Kier molecular flexibility index (Phi) is 4.85. The van der Waals surface area contributed by atoms with Crippen molar-refractivity contribution < 1.29 is 4.79 Å². The van der Waals surface area contributed by atoms with Crippen molar-refractivity contribution in [3.8, 4) is 5.95 Å². The van der Waals surface area contributed by atoms with Crippen molar-refractivity contribution in [2.24, 2.45) is 7.05 Å². The molecule has 5 heterocycles. The maximum absolute atomic E-state index is 13.2. The number of H-pyrrole nitrogens is 1. The van der Waals surface area contributed by atoms with E-state index in [0.29, 0.717) is 34.3 Å². The second kappa shape index (κ2) is 7.76. The van der Waals surface area contributed by atoms with E-state index in [-0.39, 0.29) is 22.9 Å². The Morgan fingerprint density at radius 3 is 2.65 bits per heavy atom. The van der Waals surface area contributed by atoms with Crippen LogP contribution in [0.3, 0.4) is 0 Å². The number of aromatic amines is 1. The average Bonchev–Trinajstić information content (AvgIpc) is 3.36. The number of fused-ring (bicyclic) bond motifs is 2. The predicted molar refractivity (Wildman–Crippen MR) is 125 cm³/mol. The van der Waals surface area contributed by atoms with E-state index in [1.807, 2.05) is 13.8 Å². The highest BCUT2D eigenvalue weighted by molar-refractivity contribution is 6.05. The van der Waals surface area contributed by atoms with Gasteiger partial charge in [-0.25, -0.2) is 4.98 Å². The molecule has 0 radical (unpaired) electrons. The molecule has 0 aliphatic carbocycles. The number of hydrogen-bond donors (Lipinski definition) is 2. The topological polar surface area (TPSA) is 145 Å². The Morgan fingerprint density at radius 1 is 1.09 bits per heavy atom. The average molecular weight is 459 g/mol.